The molecule has 1 aromatic carbocycles. The molecule has 2 aromatic rings. The largest absolute Gasteiger partial charge is 0.481 e. The lowest BCUT2D eigenvalue weighted by Crippen LogP contribution is -2.29. The summed E-state index contributed by atoms with van der Waals surface area (Å²) in [5.74, 6) is -1.12. The summed E-state index contributed by atoms with van der Waals surface area (Å²) in [6.07, 6.45) is 2.98. The van der Waals surface area contributed by atoms with Crippen LogP contribution in [0.2, 0.25) is 0 Å². The van der Waals surface area contributed by atoms with Crippen LogP contribution in [0.4, 0.5) is 5.69 Å². The Bertz CT molecular complexity index is 670. The van der Waals surface area contributed by atoms with Crippen LogP contribution in [0, 0.1) is 0 Å². The van der Waals surface area contributed by atoms with Crippen molar-refractivity contribution in [2.75, 3.05) is 4.90 Å². The number of anilines is 1. The Morgan fingerprint density at radius 2 is 2.00 bits per heavy atom. The first-order valence-corrected chi connectivity index (χ1v) is 6.23. The molecule has 0 saturated carbocycles. The highest BCUT2D eigenvalue weighted by atomic mass is 16.4. The summed E-state index contributed by atoms with van der Waals surface area (Å²) in [7, 11) is 0. The van der Waals surface area contributed by atoms with Gasteiger partial charge in [-0.2, -0.15) is 0 Å². The van der Waals surface area contributed by atoms with Gasteiger partial charge in [0.1, 0.15) is 0 Å². The van der Waals surface area contributed by atoms with E-state index in [0.717, 1.165) is 0 Å². The number of fused-ring (bicyclic) bond motifs is 1. The van der Waals surface area contributed by atoms with Gasteiger partial charge in [0.2, 0.25) is 0 Å². The van der Waals surface area contributed by atoms with Gasteiger partial charge in [-0.05, 0) is 18.2 Å². The van der Waals surface area contributed by atoms with Crippen LogP contribution in [-0.4, -0.2) is 22.0 Å². The van der Waals surface area contributed by atoms with Crippen LogP contribution >= 0.6 is 0 Å². The highest BCUT2D eigenvalue weighted by Gasteiger charge is 2.38. The van der Waals surface area contributed by atoms with Gasteiger partial charge in [0.05, 0.1) is 12.5 Å². The molecule has 5 heteroatoms. The van der Waals surface area contributed by atoms with E-state index in [9.17, 15) is 9.59 Å². The predicted octanol–water partition coefficient (Wildman–Crippen LogP) is 2.26. The molecule has 1 N–H and O–H groups in total. The molecule has 2 heterocycles. The van der Waals surface area contributed by atoms with Gasteiger partial charge in [-0.3, -0.25) is 14.6 Å². The van der Waals surface area contributed by atoms with Crippen LogP contribution in [0.5, 0.6) is 0 Å². The molecule has 0 aliphatic carbocycles. The zero-order chi connectivity index (χ0) is 14.1. The SMILES string of the molecule is O=C(O)CC1c2cnccc2C(=O)N1c1ccccc1. The van der Waals surface area contributed by atoms with Gasteiger partial charge in [-0.15, -0.1) is 0 Å². The summed E-state index contributed by atoms with van der Waals surface area (Å²) in [5, 5.41) is 9.09. The number of benzene rings is 1. The Hall–Kier alpha value is -2.69. The molecule has 0 saturated heterocycles. The average molecular weight is 268 g/mol. The van der Waals surface area contributed by atoms with Gasteiger partial charge in [0.25, 0.3) is 5.91 Å². The normalized spacial score (nSPS) is 17.1. The van der Waals surface area contributed by atoms with E-state index < -0.39 is 12.0 Å². The zero-order valence-corrected chi connectivity index (χ0v) is 10.6. The van der Waals surface area contributed by atoms with E-state index in [1.807, 2.05) is 18.2 Å². The number of carboxylic acids is 1. The third-order valence-electron chi connectivity index (χ3n) is 3.37. The molecule has 1 aliphatic heterocycles. The molecule has 0 radical (unpaired) electrons. The number of carbonyl (C=O) groups is 2. The second-order valence-electron chi connectivity index (χ2n) is 4.59. The fraction of sp³-hybridized carbons (Fsp3) is 0.133. The number of pyridine rings is 1. The lowest BCUT2D eigenvalue weighted by atomic mass is 10.0. The first-order chi connectivity index (χ1) is 9.68. The second-order valence-corrected chi connectivity index (χ2v) is 4.59. The molecule has 0 fully saturated rings. The third-order valence-corrected chi connectivity index (χ3v) is 3.37. The molecular formula is C15H12N2O3. The highest BCUT2D eigenvalue weighted by Crippen LogP contribution is 2.38. The molecule has 1 aromatic heterocycles. The van der Waals surface area contributed by atoms with Crippen molar-refractivity contribution in [3.05, 3.63) is 59.9 Å². The van der Waals surface area contributed by atoms with Crippen molar-refractivity contribution in [1.29, 1.82) is 0 Å². The van der Waals surface area contributed by atoms with Gasteiger partial charge >= 0.3 is 5.97 Å². The van der Waals surface area contributed by atoms with Crippen LogP contribution < -0.4 is 4.90 Å². The van der Waals surface area contributed by atoms with E-state index in [1.54, 1.807) is 30.6 Å². The number of rotatable bonds is 3. The molecule has 0 spiro atoms. The monoisotopic (exact) mass is 268 g/mol. The van der Waals surface area contributed by atoms with E-state index in [4.69, 9.17) is 5.11 Å². The Labute approximate surface area is 115 Å². The van der Waals surface area contributed by atoms with Gasteiger partial charge in [-0.25, -0.2) is 0 Å². The van der Waals surface area contributed by atoms with E-state index in [1.165, 1.54) is 4.90 Å². The molecule has 1 aliphatic rings. The van der Waals surface area contributed by atoms with Gasteiger partial charge in [-0.1, -0.05) is 18.2 Å². The third kappa shape index (κ3) is 1.93. The predicted molar refractivity (Wildman–Crippen MR) is 72.5 cm³/mol. The Kier molecular flexibility index (Phi) is 2.95. The fourth-order valence-corrected chi connectivity index (χ4v) is 2.53. The maximum atomic E-state index is 12.5. The lowest BCUT2D eigenvalue weighted by Gasteiger charge is -2.24. The molecule has 5 nitrogen and oxygen atoms in total. The molecular weight excluding hydrogens is 256 g/mol. The number of hydrogen-bond acceptors (Lipinski definition) is 3. The minimum Gasteiger partial charge on any atom is -0.481 e. The highest BCUT2D eigenvalue weighted by molar-refractivity contribution is 6.11. The maximum absolute atomic E-state index is 12.5. The van der Waals surface area contributed by atoms with E-state index in [0.29, 0.717) is 16.8 Å². The number of nitrogens with zero attached hydrogens (tertiary/aromatic N) is 2. The molecule has 1 atom stereocenters. The second kappa shape index (κ2) is 4.77. The van der Waals surface area contributed by atoms with Crippen molar-refractivity contribution in [3.8, 4) is 0 Å². The summed E-state index contributed by atoms with van der Waals surface area (Å²) in [6.45, 7) is 0. The summed E-state index contributed by atoms with van der Waals surface area (Å²) < 4.78 is 0. The molecule has 0 bridgehead atoms. The number of amides is 1. The van der Waals surface area contributed by atoms with Crippen LogP contribution in [0.25, 0.3) is 0 Å². The number of hydrogen-bond donors (Lipinski definition) is 1. The van der Waals surface area contributed by atoms with Crippen molar-refractivity contribution in [2.45, 2.75) is 12.5 Å². The van der Waals surface area contributed by atoms with E-state index in [2.05, 4.69) is 4.98 Å². The van der Waals surface area contributed by atoms with Crippen LogP contribution in [0.3, 0.4) is 0 Å². The first kappa shape index (κ1) is 12.3. The minimum atomic E-state index is -0.944. The fourth-order valence-electron chi connectivity index (χ4n) is 2.53. The standard InChI is InChI=1S/C15H12N2O3/c18-14(19)8-13-12-9-16-7-6-11(12)15(20)17(13)10-4-2-1-3-5-10/h1-7,9,13H,8H2,(H,18,19). The number of aromatic nitrogens is 1. The van der Waals surface area contributed by atoms with Crippen molar-refractivity contribution in [1.82, 2.24) is 4.98 Å². The average Bonchev–Trinajstić information content (AvgIpc) is 2.73. The van der Waals surface area contributed by atoms with Gasteiger partial charge in [0.15, 0.2) is 0 Å². The topological polar surface area (TPSA) is 70.5 Å². The lowest BCUT2D eigenvalue weighted by molar-refractivity contribution is -0.137. The maximum Gasteiger partial charge on any atom is 0.305 e. The summed E-state index contributed by atoms with van der Waals surface area (Å²) >= 11 is 0. The van der Waals surface area contributed by atoms with Crippen LogP contribution in [0.1, 0.15) is 28.4 Å². The summed E-state index contributed by atoms with van der Waals surface area (Å²) in [5.41, 5.74) is 1.89. The van der Waals surface area contributed by atoms with Crippen molar-refractivity contribution < 1.29 is 14.7 Å². The first-order valence-electron chi connectivity index (χ1n) is 6.23. The van der Waals surface area contributed by atoms with E-state index >= 15 is 0 Å². The summed E-state index contributed by atoms with van der Waals surface area (Å²) in [6, 6.07) is 10.2. The minimum absolute atomic E-state index is 0.140. The number of para-hydroxylation sites is 1. The number of carbonyl (C=O) groups excluding carboxylic acids is 1. The Balaban J connectivity index is 2.10. The zero-order valence-electron chi connectivity index (χ0n) is 10.6. The molecule has 1 unspecified atom stereocenters. The van der Waals surface area contributed by atoms with Crippen molar-refractivity contribution in [3.63, 3.8) is 0 Å². The Morgan fingerprint density at radius 1 is 1.25 bits per heavy atom. The van der Waals surface area contributed by atoms with Crippen LogP contribution in [-0.2, 0) is 4.79 Å². The van der Waals surface area contributed by atoms with E-state index in [-0.39, 0.29) is 12.3 Å². The molecule has 1 amide bonds. The Morgan fingerprint density at radius 3 is 2.70 bits per heavy atom. The van der Waals surface area contributed by atoms with Crippen molar-refractivity contribution >= 4 is 17.6 Å². The number of carboxylic acid groups (broad SMARTS) is 1. The number of aliphatic carboxylic acids is 1. The van der Waals surface area contributed by atoms with Crippen molar-refractivity contribution in [2.24, 2.45) is 0 Å². The molecule has 20 heavy (non-hydrogen) atoms. The van der Waals surface area contributed by atoms with Crippen LogP contribution in [0.15, 0.2) is 48.8 Å². The molecule has 3 rings (SSSR count). The summed E-state index contributed by atoms with van der Waals surface area (Å²) in [4.78, 5) is 29.1. The van der Waals surface area contributed by atoms with Gasteiger partial charge < -0.3 is 10.0 Å². The van der Waals surface area contributed by atoms with Gasteiger partial charge in [0, 0.05) is 29.2 Å². The smallest absolute Gasteiger partial charge is 0.305 e. The quantitative estimate of drug-likeness (QED) is 0.926. The molecule has 100 valence electrons.